The SMILES string of the molecule is O.O.O.O.O.O.O.O.O.[MgH2].[MgH2].[MgH2].[MgH2].[MgH2].[MgH2]. The van der Waals surface area contributed by atoms with Crippen molar-refractivity contribution in [2.75, 3.05) is 0 Å². The lowest BCUT2D eigenvalue weighted by Gasteiger charge is -0.413. The Balaban J connectivity index is 0. The topological polar surface area (TPSA) is 284 Å². The zero-order valence-electron chi connectivity index (χ0n) is 4.50. The van der Waals surface area contributed by atoms with Crippen molar-refractivity contribution in [1.29, 1.82) is 0 Å². The molecule has 0 atom stereocenters. The van der Waals surface area contributed by atoms with Crippen LogP contribution in [0.15, 0.2) is 0 Å². The fourth-order valence-corrected chi connectivity index (χ4v) is 0. The Morgan fingerprint density at radius 1 is 0.133 bits per heavy atom. The van der Waals surface area contributed by atoms with Crippen LogP contribution in [0.4, 0.5) is 0 Å². The summed E-state index contributed by atoms with van der Waals surface area (Å²) in [7, 11) is 0. The van der Waals surface area contributed by atoms with Gasteiger partial charge in [-0.05, 0) is 0 Å². The van der Waals surface area contributed by atoms with E-state index in [4.69, 9.17) is 0 Å². The summed E-state index contributed by atoms with van der Waals surface area (Å²) in [6.45, 7) is 0. The summed E-state index contributed by atoms with van der Waals surface area (Å²) in [5.41, 5.74) is 0. The molecule has 0 spiro atoms. The minimum atomic E-state index is 0. The summed E-state index contributed by atoms with van der Waals surface area (Å²) in [5, 5.41) is 0. The van der Waals surface area contributed by atoms with E-state index < -0.39 is 0 Å². The smallest absolute Gasteiger partial charge is 0.316 e. The molecular formula is H30Mg6O9. The largest absolute Gasteiger partial charge is 0.412 e. The zero-order chi connectivity index (χ0) is 0. The van der Waals surface area contributed by atoms with Crippen LogP contribution in [0.1, 0.15) is 0 Å². The van der Waals surface area contributed by atoms with Crippen LogP contribution in [0.3, 0.4) is 0 Å². The van der Waals surface area contributed by atoms with Gasteiger partial charge in [-0.2, -0.15) is 0 Å². The number of hydrogen-bond acceptors (Lipinski definition) is 0. The first-order valence-corrected chi connectivity index (χ1v) is 0. The lowest BCUT2D eigenvalue weighted by molar-refractivity contribution is 0.823. The molecule has 9 nitrogen and oxygen atoms in total. The highest BCUT2D eigenvalue weighted by molar-refractivity contribution is 5.76. The van der Waals surface area contributed by atoms with Crippen molar-refractivity contribution in [3.63, 3.8) is 0 Å². The minimum absolute atomic E-state index is 0. The molecule has 0 bridgehead atoms. The molecule has 0 radical (unpaired) electrons. The van der Waals surface area contributed by atoms with Crippen LogP contribution >= 0.6 is 0 Å². The summed E-state index contributed by atoms with van der Waals surface area (Å²) >= 11 is 0. The van der Waals surface area contributed by atoms with Crippen molar-refractivity contribution in [3.05, 3.63) is 0 Å². The van der Waals surface area contributed by atoms with Crippen molar-refractivity contribution in [3.8, 4) is 0 Å². The van der Waals surface area contributed by atoms with Crippen LogP contribution in [0.25, 0.3) is 0 Å². The van der Waals surface area contributed by atoms with Gasteiger partial charge in [0.15, 0.2) is 0 Å². The molecule has 0 amide bonds. The van der Waals surface area contributed by atoms with Crippen molar-refractivity contribution >= 4 is 138 Å². The molecule has 0 saturated carbocycles. The van der Waals surface area contributed by atoms with E-state index in [9.17, 15) is 0 Å². The van der Waals surface area contributed by atoms with E-state index in [1.807, 2.05) is 0 Å². The monoisotopic (exact) mass is 318 g/mol. The predicted molar refractivity (Wildman–Crippen MR) is 83.8 cm³/mol. The summed E-state index contributed by atoms with van der Waals surface area (Å²) in [4.78, 5) is 0. The number of rotatable bonds is 0. The number of hydrogen-bond donors (Lipinski definition) is 0. The van der Waals surface area contributed by atoms with E-state index in [0.717, 1.165) is 0 Å². The predicted octanol–water partition coefficient (Wildman–Crippen LogP) is -12.9. The van der Waals surface area contributed by atoms with Crippen molar-refractivity contribution < 1.29 is 49.3 Å². The van der Waals surface area contributed by atoms with Crippen LogP contribution in [-0.2, 0) is 0 Å². The first-order valence-electron chi connectivity index (χ1n) is 0. The van der Waals surface area contributed by atoms with Gasteiger partial charge in [0.25, 0.3) is 0 Å². The van der Waals surface area contributed by atoms with Crippen LogP contribution in [0.2, 0.25) is 0 Å². The standard InChI is InChI=1S/6Mg.9H2O.12H/h;;;;;;9*1H2;;;;;;;;;;;;. The van der Waals surface area contributed by atoms with Gasteiger partial charge in [0.05, 0.1) is 0 Å². The Kier molecular flexibility index (Phi) is 7170. The summed E-state index contributed by atoms with van der Waals surface area (Å²) in [6.07, 6.45) is 0. The van der Waals surface area contributed by atoms with Gasteiger partial charge in [-0.15, -0.1) is 0 Å². The molecule has 0 aromatic heterocycles. The van der Waals surface area contributed by atoms with Crippen LogP contribution in [-0.4, -0.2) is 188 Å². The van der Waals surface area contributed by atoms with Gasteiger partial charge in [-0.3, -0.25) is 0 Å². The summed E-state index contributed by atoms with van der Waals surface area (Å²) < 4.78 is 0. The highest BCUT2D eigenvalue weighted by Gasteiger charge is 0.321. The van der Waals surface area contributed by atoms with E-state index in [1.54, 1.807) is 0 Å². The molecule has 18 N–H and O–H groups in total. The van der Waals surface area contributed by atoms with Crippen LogP contribution in [0, 0.1) is 0 Å². The first kappa shape index (κ1) is 356. The van der Waals surface area contributed by atoms with Gasteiger partial charge in [-0.1, -0.05) is 0 Å². The van der Waals surface area contributed by atoms with E-state index >= 15 is 0 Å². The molecule has 0 unspecified atom stereocenters. The van der Waals surface area contributed by atoms with Crippen LogP contribution < -0.4 is 0 Å². The molecule has 0 saturated heterocycles. The third-order valence-corrected chi connectivity index (χ3v) is 0. The normalized spacial score (nSPS) is 0. The van der Waals surface area contributed by atoms with Crippen LogP contribution in [0.5, 0.6) is 0 Å². The molecule has 15 heteroatoms. The fraction of sp³-hybridized carbons (Fsp3) is 0. The Bertz CT molecular complexity index is 14.6. The lowest BCUT2D eigenvalue weighted by Crippen LogP contribution is -0.382. The van der Waals surface area contributed by atoms with Gasteiger partial charge >= 0.3 is 138 Å². The molecule has 0 aromatic rings. The molecule has 0 aliphatic heterocycles. The van der Waals surface area contributed by atoms with Gasteiger partial charge < -0.3 is 49.3 Å². The second-order valence-electron chi connectivity index (χ2n) is 0. The molecule has 0 aliphatic carbocycles. The average molecular weight is 320 g/mol. The summed E-state index contributed by atoms with van der Waals surface area (Å²) in [5.74, 6) is 0. The highest BCUT2D eigenvalue weighted by atomic mass is 24.3. The highest BCUT2D eigenvalue weighted by Crippen LogP contribution is -0.281. The molecule has 0 aromatic carbocycles. The molecule has 0 aliphatic rings. The Hall–Kier alpha value is 4.24. The van der Waals surface area contributed by atoms with Gasteiger partial charge in [-0.25, -0.2) is 0 Å². The van der Waals surface area contributed by atoms with Gasteiger partial charge in [0.1, 0.15) is 0 Å². The summed E-state index contributed by atoms with van der Waals surface area (Å²) in [6, 6.07) is 0. The van der Waals surface area contributed by atoms with Gasteiger partial charge in [0.2, 0.25) is 0 Å². The second kappa shape index (κ2) is 302. The molecule has 0 heterocycles. The Morgan fingerprint density at radius 3 is 0.133 bits per heavy atom. The lowest BCUT2D eigenvalue weighted by atomic mass is 16.0. The third kappa shape index (κ3) is 268. The maximum atomic E-state index is 0. The third-order valence-electron chi connectivity index (χ3n) is 0. The molecule has 0 rings (SSSR count). The van der Waals surface area contributed by atoms with Crippen molar-refractivity contribution in [1.82, 2.24) is 0 Å². The maximum absolute atomic E-state index is 0. The Labute approximate surface area is 184 Å². The van der Waals surface area contributed by atoms with E-state index in [2.05, 4.69) is 0 Å². The van der Waals surface area contributed by atoms with E-state index in [1.165, 1.54) is 0 Å². The quantitative estimate of drug-likeness (QED) is 0.375. The van der Waals surface area contributed by atoms with E-state index in [0.29, 0.717) is 0 Å². The zero-order valence-corrected chi connectivity index (χ0v) is 4.50. The molecule has 96 valence electrons. The Morgan fingerprint density at radius 2 is 0.133 bits per heavy atom. The fourth-order valence-electron chi connectivity index (χ4n) is 0. The second-order valence-corrected chi connectivity index (χ2v) is 0. The van der Waals surface area contributed by atoms with E-state index in [-0.39, 0.29) is 188 Å². The minimum Gasteiger partial charge on any atom is -0.412 e. The average Bonchev–Trinajstić information content (AvgIpc) is 0. The molecule has 0 fully saturated rings. The van der Waals surface area contributed by atoms with Gasteiger partial charge in [0, 0.05) is 0 Å². The maximum Gasteiger partial charge on any atom is 0.316 e. The molecular weight excluding hydrogens is 290 g/mol. The molecule has 15 heavy (non-hydrogen) atoms. The van der Waals surface area contributed by atoms with Crippen molar-refractivity contribution in [2.24, 2.45) is 0 Å². The van der Waals surface area contributed by atoms with Crippen molar-refractivity contribution in [2.45, 2.75) is 0 Å². The first-order chi connectivity index (χ1) is 0.